The van der Waals surface area contributed by atoms with Crippen LogP contribution in [0.25, 0.3) is 11.3 Å². The van der Waals surface area contributed by atoms with Gasteiger partial charge >= 0.3 is 0 Å². The number of nitrogens with one attached hydrogen (secondary N) is 2. The molecule has 0 fully saturated rings. The fourth-order valence-corrected chi connectivity index (χ4v) is 2.73. The third-order valence-corrected chi connectivity index (χ3v) is 4.00. The van der Waals surface area contributed by atoms with E-state index in [4.69, 9.17) is 14.2 Å². The van der Waals surface area contributed by atoms with Crippen LogP contribution in [0.1, 0.15) is 10.4 Å². The van der Waals surface area contributed by atoms with Crippen LogP contribution in [0, 0.1) is 11.6 Å². The maximum atomic E-state index is 13.9. The van der Waals surface area contributed by atoms with Crippen LogP contribution in [-0.2, 0) is 0 Å². The third-order valence-electron chi connectivity index (χ3n) is 4.00. The number of ether oxygens (including phenoxy) is 3. The standard InChI is InChI=1S/C19H17F2N3O4/c1-26-14-8-7-10(17(27-2)18(14)28-3)19(25)22-15-9-13(23-24-15)16-11(20)5-4-6-12(16)21/h4-9H,1-3H3,(H2,22,23,24,25). The Hall–Kier alpha value is -3.62. The number of aromatic amines is 1. The molecule has 3 aromatic rings. The maximum Gasteiger partial charge on any atom is 0.260 e. The van der Waals surface area contributed by atoms with Gasteiger partial charge in [0.1, 0.15) is 11.6 Å². The summed E-state index contributed by atoms with van der Waals surface area (Å²) in [6.45, 7) is 0. The summed E-state index contributed by atoms with van der Waals surface area (Å²) in [4.78, 5) is 12.7. The number of carbonyl (C=O) groups is 1. The second kappa shape index (κ2) is 7.95. The maximum absolute atomic E-state index is 13.9. The van der Waals surface area contributed by atoms with Gasteiger partial charge in [0.15, 0.2) is 17.3 Å². The number of carbonyl (C=O) groups excluding carboxylic acids is 1. The van der Waals surface area contributed by atoms with Gasteiger partial charge in [-0.15, -0.1) is 0 Å². The molecule has 0 aliphatic rings. The Bertz CT molecular complexity index is 1000. The molecule has 1 amide bonds. The van der Waals surface area contributed by atoms with Crippen LogP contribution in [0.4, 0.5) is 14.6 Å². The van der Waals surface area contributed by atoms with Crippen LogP contribution in [0.2, 0.25) is 0 Å². The van der Waals surface area contributed by atoms with Crippen LogP contribution in [-0.4, -0.2) is 37.4 Å². The zero-order valence-corrected chi connectivity index (χ0v) is 15.3. The van der Waals surface area contributed by atoms with Gasteiger partial charge in [0, 0.05) is 6.07 Å². The van der Waals surface area contributed by atoms with E-state index in [9.17, 15) is 13.6 Å². The van der Waals surface area contributed by atoms with Gasteiger partial charge in [-0.3, -0.25) is 9.89 Å². The van der Waals surface area contributed by atoms with Crippen molar-refractivity contribution in [3.8, 4) is 28.5 Å². The van der Waals surface area contributed by atoms with Crippen molar-refractivity contribution in [1.82, 2.24) is 10.2 Å². The molecule has 7 nitrogen and oxygen atoms in total. The first-order chi connectivity index (χ1) is 13.5. The molecule has 28 heavy (non-hydrogen) atoms. The van der Waals surface area contributed by atoms with Crippen molar-refractivity contribution >= 4 is 11.7 Å². The topological polar surface area (TPSA) is 85.5 Å². The number of amides is 1. The smallest absolute Gasteiger partial charge is 0.260 e. The van der Waals surface area contributed by atoms with E-state index in [0.29, 0.717) is 5.75 Å². The van der Waals surface area contributed by atoms with Crippen LogP contribution in [0.15, 0.2) is 36.4 Å². The molecule has 0 aliphatic carbocycles. The van der Waals surface area contributed by atoms with Gasteiger partial charge in [-0.1, -0.05) is 6.07 Å². The summed E-state index contributed by atoms with van der Waals surface area (Å²) in [5.74, 6) is -1.13. The lowest BCUT2D eigenvalue weighted by Gasteiger charge is -2.15. The summed E-state index contributed by atoms with van der Waals surface area (Å²) in [5.41, 5.74) is -0.00820. The first kappa shape index (κ1) is 19.2. The van der Waals surface area contributed by atoms with E-state index in [1.54, 1.807) is 6.07 Å². The molecule has 0 saturated carbocycles. The molecule has 0 spiro atoms. The molecule has 0 radical (unpaired) electrons. The van der Waals surface area contributed by atoms with Crippen molar-refractivity contribution in [2.24, 2.45) is 0 Å². The average molecular weight is 389 g/mol. The Morgan fingerprint density at radius 3 is 2.29 bits per heavy atom. The number of hydrogen-bond acceptors (Lipinski definition) is 5. The number of methoxy groups -OCH3 is 3. The lowest BCUT2D eigenvalue weighted by molar-refractivity contribution is 0.102. The number of hydrogen-bond donors (Lipinski definition) is 2. The van der Waals surface area contributed by atoms with Gasteiger partial charge in [-0.2, -0.15) is 5.10 Å². The van der Waals surface area contributed by atoms with Gasteiger partial charge in [0.25, 0.3) is 5.91 Å². The summed E-state index contributed by atoms with van der Waals surface area (Å²) >= 11 is 0. The van der Waals surface area contributed by atoms with Crippen molar-refractivity contribution in [3.05, 3.63) is 53.6 Å². The minimum Gasteiger partial charge on any atom is -0.493 e. The molecule has 1 heterocycles. The zero-order chi connectivity index (χ0) is 20.3. The van der Waals surface area contributed by atoms with Crippen LogP contribution >= 0.6 is 0 Å². The van der Waals surface area contributed by atoms with Crippen molar-refractivity contribution in [3.63, 3.8) is 0 Å². The molecule has 146 valence electrons. The Morgan fingerprint density at radius 2 is 1.68 bits per heavy atom. The summed E-state index contributed by atoms with van der Waals surface area (Å²) in [7, 11) is 4.27. The predicted octanol–water partition coefficient (Wildman–Crippen LogP) is 3.63. The number of H-pyrrole nitrogens is 1. The van der Waals surface area contributed by atoms with Crippen molar-refractivity contribution < 1.29 is 27.8 Å². The Kier molecular flexibility index (Phi) is 5.44. The quantitative estimate of drug-likeness (QED) is 0.672. The van der Waals surface area contributed by atoms with Gasteiger partial charge in [-0.25, -0.2) is 8.78 Å². The molecular weight excluding hydrogens is 372 g/mol. The van der Waals surface area contributed by atoms with E-state index >= 15 is 0 Å². The highest BCUT2D eigenvalue weighted by atomic mass is 19.1. The largest absolute Gasteiger partial charge is 0.493 e. The number of aromatic nitrogens is 2. The molecule has 0 bridgehead atoms. The minimum absolute atomic E-state index is 0.0829. The van der Waals surface area contributed by atoms with Crippen molar-refractivity contribution in [2.45, 2.75) is 0 Å². The minimum atomic E-state index is -0.747. The summed E-state index contributed by atoms with van der Waals surface area (Å²) in [6.07, 6.45) is 0. The third kappa shape index (κ3) is 3.46. The molecule has 2 aromatic carbocycles. The number of nitrogens with zero attached hydrogens (tertiary/aromatic N) is 1. The highest BCUT2D eigenvalue weighted by Gasteiger charge is 2.22. The van der Waals surface area contributed by atoms with Crippen molar-refractivity contribution in [2.75, 3.05) is 26.6 Å². The fourth-order valence-electron chi connectivity index (χ4n) is 2.73. The van der Waals surface area contributed by atoms with E-state index < -0.39 is 17.5 Å². The van der Waals surface area contributed by atoms with Crippen LogP contribution < -0.4 is 19.5 Å². The van der Waals surface area contributed by atoms with E-state index in [2.05, 4.69) is 15.5 Å². The molecule has 0 saturated heterocycles. The summed E-state index contributed by atoms with van der Waals surface area (Å²) in [5, 5.41) is 8.94. The van der Waals surface area contributed by atoms with Crippen LogP contribution in [0.5, 0.6) is 17.2 Å². The van der Waals surface area contributed by atoms with E-state index in [1.807, 2.05) is 0 Å². The second-order valence-corrected chi connectivity index (χ2v) is 5.60. The average Bonchev–Trinajstić information content (AvgIpc) is 3.14. The monoisotopic (exact) mass is 389 g/mol. The number of halogens is 2. The molecule has 0 atom stereocenters. The summed E-state index contributed by atoms with van der Waals surface area (Å²) in [6, 6.07) is 7.90. The van der Waals surface area contributed by atoms with E-state index in [0.717, 1.165) is 12.1 Å². The van der Waals surface area contributed by atoms with Crippen molar-refractivity contribution in [1.29, 1.82) is 0 Å². The lowest BCUT2D eigenvalue weighted by Crippen LogP contribution is -2.14. The molecule has 0 aliphatic heterocycles. The molecule has 0 unspecified atom stereocenters. The van der Waals surface area contributed by atoms with Crippen LogP contribution in [0.3, 0.4) is 0 Å². The van der Waals surface area contributed by atoms with Gasteiger partial charge in [0.2, 0.25) is 5.75 Å². The lowest BCUT2D eigenvalue weighted by atomic mass is 10.1. The van der Waals surface area contributed by atoms with Gasteiger partial charge in [-0.05, 0) is 24.3 Å². The zero-order valence-electron chi connectivity index (χ0n) is 15.3. The second-order valence-electron chi connectivity index (χ2n) is 5.60. The molecule has 2 N–H and O–H groups in total. The fraction of sp³-hybridized carbons (Fsp3) is 0.158. The molecular formula is C19H17F2N3O4. The normalized spacial score (nSPS) is 10.5. The first-order valence-corrected chi connectivity index (χ1v) is 8.10. The highest BCUT2D eigenvalue weighted by molar-refractivity contribution is 6.06. The number of anilines is 1. The molecule has 9 heteroatoms. The highest BCUT2D eigenvalue weighted by Crippen LogP contribution is 2.40. The summed E-state index contributed by atoms with van der Waals surface area (Å²) < 4.78 is 43.5. The van der Waals surface area contributed by atoms with Gasteiger partial charge in [0.05, 0.1) is 38.2 Å². The SMILES string of the molecule is COc1ccc(C(=O)Nc2cc(-c3c(F)cccc3F)[nH]n2)c(OC)c1OC. The number of rotatable bonds is 6. The van der Waals surface area contributed by atoms with Gasteiger partial charge < -0.3 is 19.5 Å². The Labute approximate surface area is 159 Å². The predicted molar refractivity (Wildman–Crippen MR) is 98.0 cm³/mol. The van der Waals surface area contributed by atoms with E-state index in [1.165, 1.54) is 39.5 Å². The molecule has 3 rings (SSSR count). The van der Waals surface area contributed by atoms with E-state index in [-0.39, 0.29) is 34.1 Å². The number of benzene rings is 2. The first-order valence-electron chi connectivity index (χ1n) is 8.10. The Balaban J connectivity index is 1.90. The molecule has 1 aromatic heterocycles. The Morgan fingerprint density at radius 1 is 1.00 bits per heavy atom.